The zero-order chi connectivity index (χ0) is 14.9. The number of benzene rings is 1. The fourth-order valence-corrected chi connectivity index (χ4v) is 2.66. The van der Waals surface area contributed by atoms with Crippen molar-refractivity contribution in [3.8, 4) is 0 Å². The van der Waals surface area contributed by atoms with E-state index in [-0.39, 0.29) is 16.9 Å². The van der Waals surface area contributed by atoms with Crippen LogP contribution in [0.1, 0.15) is 57.3 Å². The van der Waals surface area contributed by atoms with Gasteiger partial charge in [-0.3, -0.25) is 0 Å². The van der Waals surface area contributed by atoms with Crippen molar-refractivity contribution in [2.45, 2.75) is 51.5 Å². The second-order valence-corrected chi connectivity index (χ2v) is 5.86. The van der Waals surface area contributed by atoms with Gasteiger partial charge in [-0.1, -0.05) is 19.8 Å². The summed E-state index contributed by atoms with van der Waals surface area (Å²) in [7, 11) is 0. The Morgan fingerprint density at radius 3 is 2.60 bits per heavy atom. The maximum absolute atomic E-state index is 13.9. The monoisotopic (exact) mass is 300 g/mol. The summed E-state index contributed by atoms with van der Waals surface area (Å²) in [6.07, 6.45) is 3.05. The number of hydrogen-bond acceptors (Lipinski definition) is 1. The van der Waals surface area contributed by atoms with E-state index in [1.165, 1.54) is 6.07 Å². The molecule has 0 N–H and O–H groups in total. The highest BCUT2D eigenvalue weighted by atomic mass is 35.5. The first-order valence-electron chi connectivity index (χ1n) is 6.96. The molecule has 2 atom stereocenters. The molecule has 0 saturated heterocycles. The summed E-state index contributed by atoms with van der Waals surface area (Å²) in [5.74, 6) is -0.637. The molecule has 0 aliphatic rings. The molecule has 20 heavy (non-hydrogen) atoms. The molecule has 0 spiro atoms. The molecule has 0 bridgehead atoms. The van der Waals surface area contributed by atoms with Crippen molar-refractivity contribution in [3.63, 3.8) is 0 Å². The smallest absolute Gasteiger partial charge is 0.153 e. The van der Waals surface area contributed by atoms with E-state index in [4.69, 9.17) is 11.6 Å². The molecule has 2 rings (SSSR count). The molecular formula is C15H19ClF2N2. The molecule has 0 aliphatic carbocycles. The molecule has 1 heterocycles. The van der Waals surface area contributed by atoms with Crippen LogP contribution in [0.25, 0.3) is 11.0 Å². The molecule has 1 aromatic heterocycles. The SMILES string of the molecule is CCCCC(C)n1c(C(C)Cl)nc2c(F)cc(F)cc21. The molecule has 5 heteroatoms. The van der Waals surface area contributed by atoms with Gasteiger partial charge in [-0.2, -0.15) is 0 Å². The summed E-state index contributed by atoms with van der Waals surface area (Å²) < 4.78 is 29.2. The number of imidazole rings is 1. The van der Waals surface area contributed by atoms with Crippen molar-refractivity contribution in [1.29, 1.82) is 0 Å². The fraction of sp³-hybridized carbons (Fsp3) is 0.533. The third kappa shape index (κ3) is 2.80. The van der Waals surface area contributed by atoms with Crippen molar-refractivity contribution >= 4 is 22.6 Å². The maximum atomic E-state index is 13.9. The molecule has 110 valence electrons. The molecule has 2 nitrogen and oxygen atoms in total. The van der Waals surface area contributed by atoms with Crippen LogP contribution in [0.5, 0.6) is 0 Å². The van der Waals surface area contributed by atoms with E-state index in [2.05, 4.69) is 11.9 Å². The van der Waals surface area contributed by atoms with Crippen LogP contribution in [0, 0.1) is 11.6 Å². The van der Waals surface area contributed by atoms with Crippen molar-refractivity contribution in [3.05, 3.63) is 29.6 Å². The summed E-state index contributed by atoms with van der Waals surface area (Å²) in [4.78, 5) is 4.27. The molecule has 0 aliphatic heterocycles. The van der Waals surface area contributed by atoms with Gasteiger partial charge in [-0.25, -0.2) is 13.8 Å². The number of unbranched alkanes of at least 4 members (excludes halogenated alkanes) is 1. The Morgan fingerprint density at radius 1 is 1.30 bits per heavy atom. The van der Waals surface area contributed by atoms with Crippen molar-refractivity contribution < 1.29 is 8.78 Å². The van der Waals surface area contributed by atoms with Crippen molar-refractivity contribution in [1.82, 2.24) is 9.55 Å². The number of rotatable bonds is 5. The molecule has 0 radical (unpaired) electrons. The number of halogens is 3. The van der Waals surface area contributed by atoms with Gasteiger partial charge in [0.2, 0.25) is 0 Å². The van der Waals surface area contributed by atoms with Gasteiger partial charge < -0.3 is 4.57 Å². The van der Waals surface area contributed by atoms with Crippen LogP contribution in [0.3, 0.4) is 0 Å². The number of hydrogen-bond donors (Lipinski definition) is 0. The zero-order valence-electron chi connectivity index (χ0n) is 12.0. The van der Waals surface area contributed by atoms with E-state index in [1.807, 2.05) is 11.5 Å². The molecule has 2 unspecified atom stereocenters. The van der Waals surface area contributed by atoms with Gasteiger partial charge in [-0.05, 0) is 26.3 Å². The second kappa shape index (κ2) is 6.08. The van der Waals surface area contributed by atoms with Gasteiger partial charge in [0.25, 0.3) is 0 Å². The van der Waals surface area contributed by atoms with Gasteiger partial charge in [0.05, 0.1) is 10.9 Å². The molecule has 0 saturated carbocycles. The Kier molecular flexibility index (Phi) is 4.63. The van der Waals surface area contributed by atoms with Crippen LogP contribution in [-0.4, -0.2) is 9.55 Å². The summed E-state index contributed by atoms with van der Waals surface area (Å²) in [6, 6.07) is 2.30. The molecule has 0 amide bonds. The molecule has 1 aromatic carbocycles. The molecular weight excluding hydrogens is 282 g/mol. The molecule has 2 aromatic rings. The second-order valence-electron chi connectivity index (χ2n) is 5.20. The van der Waals surface area contributed by atoms with Gasteiger partial charge in [0.15, 0.2) is 5.82 Å². The highest BCUT2D eigenvalue weighted by molar-refractivity contribution is 6.20. The number of fused-ring (bicyclic) bond motifs is 1. The predicted octanol–water partition coefficient (Wildman–Crippen LogP) is 5.37. The van der Waals surface area contributed by atoms with Gasteiger partial charge in [-0.15, -0.1) is 11.6 Å². The van der Waals surface area contributed by atoms with Crippen molar-refractivity contribution in [2.24, 2.45) is 0 Å². The summed E-state index contributed by atoms with van der Waals surface area (Å²) in [6.45, 7) is 5.94. The van der Waals surface area contributed by atoms with Crippen LogP contribution in [-0.2, 0) is 0 Å². The highest BCUT2D eigenvalue weighted by Gasteiger charge is 2.21. The molecule has 0 fully saturated rings. The lowest BCUT2D eigenvalue weighted by molar-refractivity contribution is 0.479. The quantitative estimate of drug-likeness (QED) is 0.679. The standard InChI is InChI=1S/C15H19ClF2N2/c1-4-5-6-9(2)20-13-8-11(17)7-12(18)14(13)19-15(20)10(3)16/h7-10H,4-6H2,1-3H3. The van der Waals surface area contributed by atoms with E-state index < -0.39 is 11.6 Å². The van der Waals surface area contributed by atoms with E-state index in [0.717, 1.165) is 25.3 Å². The highest BCUT2D eigenvalue weighted by Crippen LogP contribution is 2.31. The topological polar surface area (TPSA) is 17.8 Å². The van der Waals surface area contributed by atoms with Crippen LogP contribution < -0.4 is 0 Å². The third-order valence-corrected chi connectivity index (χ3v) is 3.71. The lowest BCUT2D eigenvalue weighted by atomic mass is 10.1. The minimum atomic E-state index is -0.639. The van der Waals surface area contributed by atoms with Gasteiger partial charge in [0.1, 0.15) is 17.2 Å². The Bertz CT molecular complexity index is 607. The van der Waals surface area contributed by atoms with Gasteiger partial charge in [0, 0.05) is 12.1 Å². The average molecular weight is 301 g/mol. The van der Waals surface area contributed by atoms with E-state index >= 15 is 0 Å². The first-order chi connectivity index (χ1) is 9.45. The third-order valence-electron chi connectivity index (χ3n) is 3.51. The number of nitrogens with zero attached hydrogens (tertiary/aromatic N) is 2. The van der Waals surface area contributed by atoms with E-state index in [9.17, 15) is 8.78 Å². The summed E-state index contributed by atoms with van der Waals surface area (Å²) >= 11 is 6.15. The largest absolute Gasteiger partial charge is 0.324 e. The Hall–Kier alpha value is -1.16. The normalized spacial score (nSPS) is 14.7. The Labute approximate surface area is 122 Å². The van der Waals surface area contributed by atoms with Crippen LogP contribution in [0.4, 0.5) is 8.78 Å². The number of aromatic nitrogens is 2. The lowest BCUT2D eigenvalue weighted by Crippen LogP contribution is -2.10. The van der Waals surface area contributed by atoms with Gasteiger partial charge >= 0.3 is 0 Å². The number of alkyl halides is 1. The maximum Gasteiger partial charge on any atom is 0.153 e. The van der Waals surface area contributed by atoms with Crippen LogP contribution in [0.2, 0.25) is 0 Å². The van der Waals surface area contributed by atoms with Crippen molar-refractivity contribution in [2.75, 3.05) is 0 Å². The summed E-state index contributed by atoms with van der Waals surface area (Å²) in [5.41, 5.74) is 0.672. The summed E-state index contributed by atoms with van der Waals surface area (Å²) in [5, 5.41) is -0.353. The minimum Gasteiger partial charge on any atom is -0.324 e. The first kappa shape index (κ1) is 15.2. The Morgan fingerprint density at radius 2 is 2.00 bits per heavy atom. The first-order valence-corrected chi connectivity index (χ1v) is 7.40. The van der Waals surface area contributed by atoms with E-state index in [1.54, 1.807) is 6.92 Å². The van der Waals surface area contributed by atoms with Crippen LogP contribution >= 0.6 is 11.6 Å². The van der Waals surface area contributed by atoms with Crippen LogP contribution in [0.15, 0.2) is 12.1 Å². The minimum absolute atomic E-state index is 0.109. The van der Waals surface area contributed by atoms with E-state index in [0.29, 0.717) is 11.3 Å². The average Bonchev–Trinajstić information content (AvgIpc) is 2.75. The zero-order valence-corrected chi connectivity index (χ0v) is 12.7. The fourth-order valence-electron chi connectivity index (χ4n) is 2.51. The predicted molar refractivity (Wildman–Crippen MR) is 78.2 cm³/mol. The Balaban J connectivity index is 2.62. The lowest BCUT2D eigenvalue weighted by Gasteiger charge is -2.18.